The Balaban J connectivity index is 2.08. The predicted octanol–water partition coefficient (Wildman–Crippen LogP) is 0.0757. The molecule has 3 N–H and O–H groups in total. The minimum atomic E-state index is -3.58. The Bertz CT molecular complexity index is 485. The molecule has 1 aliphatic rings. The van der Waals surface area contributed by atoms with Gasteiger partial charge in [0.05, 0.1) is 17.5 Å². The average molecular weight is 259 g/mol. The molecule has 1 aromatic heterocycles. The third kappa shape index (κ3) is 2.67. The van der Waals surface area contributed by atoms with Crippen LogP contribution in [0.4, 0.5) is 0 Å². The van der Waals surface area contributed by atoms with E-state index in [1.807, 2.05) is 0 Å². The summed E-state index contributed by atoms with van der Waals surface area (Å²) in [4.78, 5) is 0.181. The molecule has 7 heteroatoms. The van der Waals surface area contributed by atoms with Crippen molar-refractivity contribution in [2.45, 2.75) is 37.7 Å². The summed E-state index contributed by atoms with van der Waals surface area (Å²) in [6, 6.07) is 0. The fourth-order valence-electron chi connectivity index (χ4n) is 1.85. The van der Waals surface area contributed by atoms with Gasteiger partial charge in [-0.1, -0.05) is 0 Å². The fraction of sp³-hybridized carbons (Fsp3) is 0.700. The summed E-state index contributed by atoms with van der Waals surface area (Å²) in [6.07, 6.45) is 1.37. The zero-order chi connectivity index (χ0) is 12.6. The Morgan fingerprint density at radius 3 is 2.65 bits per heavy atom. The normalized spacial score (nSPS) is 18.3. The van der Waals surface area contributed by atoms with Crippen LogP contribution in [0.1, 0.15) is 24.2 Å². The highest BCUT2D eigenvalue weighted by Gasteiger charge is 2.31. The first-order valence-corrected chi connectivity index (χ1v) is 7.09. The van der Waals surface area contributed by atoms with Crippen LogP contribution in [-0.2, 0) is 10.0 Å². The first kappa shape index (κ1) is 12.5. The zero-order valence-electron chi connectivity index (χ0n) is 9.90. The molecule has 0 spiro atoms. The second-order valence-corrected chi connectivity index (χ2v) is 6.22. The molecule has 0 aliphatic heterocycles. The molecular formula is C10H17N3O3S. The van der Waals surface area contributed by atoms with Crippen molar-refractivity contribution in [2.75, 3.05) is 6.54 Å². The van der Waals surface area contributed by atoms with Gasteiger partial charge in [-0.15, -0.1) is 0 Å². The molecule has 96 valence electrons. The molecule has 1 unspecified atom stereocenters. The summed E-state index contributed by atoms with van der Waals surface area (Å²) in [7, 11) is -3.58. The van der Waals surface area contributed by atoms with E-state index in [0.29, 0.717) is 11.4 Å². The molecule has 1 saturated carbocycles. The molecule has 1 aliphatic carbocycles. The highest BCUT2D eigenvalue weighted by atomic mass is 32.2. The van der Waals surface area contributed by atoms with Gasteiger partial charge in [0.15, 0.2) is 0 Å². The van der Waals surface area contributed by atoms with E-state index in [2.05, 4.69) is 14.9 Å². The van der Waals surface area contributed by atoms with Crippen LogP contribution in [0, 0.1) is 19.8 Å². The summed E-state index contributed by atoms with van der Waals surface area (Å²) in [5, 5.41) is 16.1. The number of aromatic nitrogens is 2. The molecule has 1 heterocycles. The molecule has 0 amide bonds. The van der Waals surface area contributed by atoms with E-state index < -0.39 is 16.1 Å². The van der Waals surface area contributed by atoms with Crippen LogP contribution < -0.4 is 4.72 Å². The van der Waals surface area contributed by atoms with E-state index in [0.717, 1.165) is 12.8 Å². The highest BCUT2D eigenvalue weighted by Crippen LogP contribution is 2.32. The fourth-order valence-corrected chi connectivity index (χ4v) is 3.27. The molecule has 1 aromatic rings. The van der Waals surface area contributed by atoms with Crippen molar-refractivity contribution in [2.24, 2.45) is 5.92 Å². The molecule has 1 fully saturated rings. The first-order valence-electron chi connectivity index (χ1n) is 5.61. The van der Waals surface area contributed by atoms with Gasteiger partial charge in [-0.2, -0.15) is 5.10 Å². The van der Waals surface area contributed by atoms with Crippen molar-refractivity contribution in [3.63, 3.8) is 0 Å². The Kier molecular flexibility index (Phi) is 3.24. The maximum Gasteiger partial charge on any atom is 0.244 e. The number of aromatic amines is 1. The molecule has 0 saturated heterocycles. The number of nitrogens with one attached hydrogen (secondary N) is 2. The largest absolute Gasteiger partial charge is 0.391 e. The minimum Gasteiger partial charge on any atom is -0.391 e. The summed E-state index contributed by atoms with van der Waals surface area (Å²) in [5.74, 6) is 0.254. The Morgan fingerprint density at radius 1 is 1.53 bits per heavy atom. The van der Waals surface area contributed by atoms with Gasteiger partial charge < -0.3 is 5.11 Å². The predicted molar refractivity (Wildman–Crippen MR) is 62.0 cm³/mol. The number of hydrogen-bond acceptors (Lipinski definition) is 4. The number of sulfonamides is 1. The molecule has 0 bridgehead atoms. The van der Waals surface area contributed by atoms with Crippen LogP contribution in [0.25, 0.3) is 0 Å². The smallest absolute Gasteiger partial charge is 0.244 e. The van der Waals surface area contributed by atoms with Gasteiger partial charge in [-0.25, -0.2) is 13.1 Å². The lowest BCUT2D eigenvalue weighted by atomic mass is 10.2. The quantitative estimate of drug-likeness (QED) is 0.697. The number of hydrogen-bond donors (Lipinski definition) is 3. The lowest BCUT2D eigenvalue weighted by Crippen LogP contribution is -2.33. The molecule has 0 radical (unpaired) electrons. The van der Waals surface area contributed by atoms with Crippen LogP contribution >= 0.6 is 0 Å². The van der Waals surface area contributed by atoms with E-state index in [1.54, 1.807) is 13.8 Å². The molecular weight excluding hydrogens is 242 g/mol. The van der Waals surface area contributed by atoms with Crippen molar-refractivity contribution in [3.05, 3.63) is 11.4 Å². The Morgan fingerprint density at radius 2 is 2.18 bits per heavy atom. The van der Waals surface area contributed by atoms with Gasteiger partial charge >= 0.3 is 0 Å². The molecule has 6 nitrogen and oxygen atoms in total. The van der Waals surface area contributed by atoms with Crippen molar-refractivity contribution < 1.29 is 13.5 Å². The van der Waals surface area contributed by atoms with E-state index in [1.165, 1.54) is 0 Å². The maximum absolute atomic E-state index is 12.0. The lowest BCUT2D eigenvalue weighted by molar-refractivity contribution is 0.155. The standard InChI is InChI=1S/C10H17N3O3S/c1-6-10(7(2)13-12-6)17(15,16)11-5-9(14)8-3-4-8/h8-9,11,14H,3-5H2,1-2H3,(H,12,13). The zero-order valence-corrected chi connectivity index (χ0v) is 10.7. The number of aliphatic hydroxyl groups is 1. The van der Waals surface area contributed by atoms with E-state index in [9.17, 15) is 13.5 Å². The van der Waals surface area contributed by atoms with Crippen molar-refractivity contribution in [3.8, 4) is 0 Å². The molecule has 1 atom stereocenters. The van der Waals surface area contributed by atoms with E-state index in [4.69, 9.17) is 0 Å². The second kappa shape index (κ2) is 4.40. The SMILES string of the molecule is Cc1n[nH]c(C)c1S(=O)(=O)NCC(O)C1CC1. The van der Waals surface area contributed by atoms with Crippen molar-refractivity contribution in [1.82, 2.24) is 14.9 Å². The van der Waals surface area contributed by atoms with Crippen LogP contribution in [0.5, 0.6) is 0 Å². The molecule has 0 aromatic carbocycles. The average Bonchev–Trinajstić information content (AvgIpc) is 3.02. The van der Waals surface area contributed by atoms with E-state index >= 15 is 0 Å². The number of aryl methyl sites for hydroxylation is 2. The van der Waals surface area contributed by atoms with Crippen LogP contribution in [-0.4, -0.2) is 36.4 Å². The number of aliphatic hydroxyl groups excluding tert-OH is 1. The number of nitrogens with zero attached hydrogens (tertiary/aromatic N) is 1. The van der Waals surface area contributed by atoms with Crippen molar-refractivity contribution >= 4 is 10.0 Å². The summed E-state index contributed by atoms with van der Waals surface area (Å²) < 4.78 is 26.4. The maximum atomic E-state index is 12.0. The van der Waals surface area contributed by atoms with Gasteiger partial charge in [0.1, 0.15) is 4.90 Å². The highest BCUT2D eigenvalue weighted by molar-refractivity contribution is 7.89. The minimum absolute atomic E-state index is 0.0665. The van der Waals surface area contributed by atoms with Crippen LogP contribution in [0.15, 0.2) is 4.90 Å². The Hall–Kier alpha value is -0.920. The van der Waals surface area contributed by atoms with E-state index in [-0.39, 0.29) is 17.4 Å². The molecule has 2 rings (SSSR count). The van der Waals surface area contributed by atoms with Gasteiger partial charge in [0, 0.05) is 6.54 Å². The van der Waals surface area contributed by atoms with Crippen molar-refractivity contribution in [1.29, 1.82) is 0 Å². The van der Waals surface area contributed by atoms with Gasteiger partial charge in [-0.05, 0) is 32.6 Å². The van der Waals surface area contributed by atoms with Gasteiger partial charge in [0.25, 0.3) is 0 Å². The van der Waals surface area contributed by atoms with Crippen LogP contribution in [0.2, 0.25) is 0 Å². The summed E-state index contributed by atoms with van der Waals surface area (Å²) in [6.45, 7) is 3.36. The third-order valence-electron chi connectivity index (χ3n) is 2.98. The first-order chi connectivity index (χ1) is 7.92. The topological polar surface area (TPSA) is 95.1 Å². The lowest BCUT2D eigenvalue weighted by Gasteiger charge is -2.11. The third-order valence-corrected chi connectivity index (χ3v) is 4.66. The number of H-pyrrole nitrogens is 1. The van der Waals surface area contributed by atoms with Crippen LogP contribution in [0.3, 0.4) is 0 Å². The summed E-state index contributed by atoms with van der Waals surface area (Å²) in [5.41, 5.74) is 0.951. The second-order valence-electron chi connectivity index (χ2n) is 4.52. The Labute approximate surface area is 100 Å². The monoisotopic (exact) mass is 259 g/mol. The van der Waals surface area contributed by atoms with Gasteiger partial charge in [-0.3, -0.25) is 5.10 Å². The number of rotatable bonds is 5. The summed E-state index contributed by atoms with van der Waals surface area (Å²) >= 11 is 0. The molecule has 17 heavy (non-hydrogen) atoms. The van der Waals surface area contributed by atoms with Gasteiger partial charge in [0.2, 0.25) is 10.0 Å².